The summed E-state index contributed by atoms with van der Waals surface area (Å²) < 4.78 is 5.46. The normalized spacial score (nSPS) is 14.7. The number of carbonyl (C=O) groups excluding carboxylic acids is 2. The zero-order valence-corrected chi connectivity index (χ0v) is 13.6. The van der Waals surface area contributed by atoms with Gasteiger partial charge in [0.15, 0.2) is 0 Å². The molecule has 24 heavy (non-hydrogen) atoms. The van der Waals surface area contributed by atoms with Gasteiger partial charge in [0.1, 0.15) is 0 Å². The summed E-state index contributed by atoms with van der Waals surface area (Å²) in [7, 11) is 0. The molecule has 1 aliphatic rings. The average molecular weight is 345 g/mol. The smallest absolute Gasteiger partial charge is 0.341 e. The number of benzene rings is 2. The van der Waals surface area contributed by atoms with Crippen LogP contribution in [0.1, 0.15) is 34.9 Å². The fourth-order valence-electron chi connectivity index (χ4n) is 2.30. The zero-order valence-electron chi connectivity index (χ0n) is 12.9. The van der Waals surface area contributed by atoms with Crippen molar-refractivity contribution < 1.29 is 14.3 Å². The third-order valence-corrected chi connectivity index (χ3v) is 3.96. The predicted octanol–water partition coefficient (Wildman–Crippen LogP) is 3.10. The van der Waals surface area contributed by atoms with Crippen LogP contribution in [0.25, 0.3) is 0 Å². The minimum atomic E-state index is -1.02. The first-order valence-electron chi connectivity index (χ1n) is 7.66. The number of esters is 1. The molecule has 3 N–H and O–H groups in total. The molecule has 6 heteroatoms. The summed E-state index contributed by atoms with van der Waals surface area (Å²) in [6, 6.07) is 13.6. The Kier molecular flexibility index (Phi) is 4.71. The third kappa shape index (κ3) is 3.86. The third-order valence-electron chi connectivity index (χ3n) is 3.72. The van der Waals surface area contributed by atoms with Gasteiger partial charge < -0.3 is 15.8 Å². The van der Waals surface area contributed by atoms with E-state index in [-0.39, 0.29) is 23.2 Å². The van der Waals surface area contributed by atoms with Crippen LogP contribution in [0.2, 0.25) is 5.02 Å². The lowest BCUT2D eigenvalue weighted by atomic mass is 10.1. The summed E-state index contributed by atoms with van der Waals surface area (Å²) in [5.74, 6) is -0.992. The Morgan fingerprint density at radius 3 is 2.50 bits per heavy atom. The Morgan fingerprint density at radius 1 is 1.17 bits per heavy atom. The van der Waals surface area contributed by atoms with Crippen molar-refractivity contribution in [2.45, 2.75) is 25.0 Å². The number of nitrogens with two attached hydrogens (primary N) is 1. The molecule has 2 aromatic rings. The molecule has 0 saturated heterocycles. The molecule has 0 radical (unpaired) electrons. The molecule has 0 aliphatic heterocycles. The number of hydrogen-bond donors (Lipinski definition) is 2. The van der Waals surface area contributed by atoms with Crippen molar-refractivity contribution in [1.29, 1.82) is 0 Å². The molecule has 1 fully saturated rings. The van der Waals surface area contributed by atoms with Crippen LogP contribution in [0.3, 0.4) is 0 Å². The lowest BCUT2D eigenvalue weighted by Gasteiger charge is -2.18. The maximum Gasteiger partial charge on any atom is 0.341 e. The molecule has 1 saturated carbocycles. The van der Waals surface area contributed by atoms with E-state index in [0.29, 0.717) is 10.6 Å². The molecule has 1 amide bonds. The molecule has 124 valence electrons. The minimum Gasteiger partial charge on any atom is -0.444 e. The van der Waals surface area contributed by atoms with E-state index in [1.165, 1.54) is 12.1 Å². The molecule has 0 aromatic heterocycles. The van der Waals surface area contributed by atoms with Crippen molar-refractivity contribution in [3.8, 4) is 0 Å². The molecular weight excluding hydrogens is 328 g/mol. The van der Waals surface area contributed by atoms with Crippen LogP contribution in [0.15, 0.2) is 48.5 Å². The molecule has 1 atom stereocenters. The highest BCUT2D eigenvalue weighted by Crippen LogP contribution is 2.25. The number of hydrogen-bond acceptors (Lipinski definition) is 4. The fourth-order valence-corrected chi connectivity index (χ4v) is 2.48. The van der Waals surface area contributed by atoms with Crippen molar-refractivity contribution >= 4 is 29.2 Å². The predicted molar refractivity (Wildman–Crippen MR) is 91.6 cm³/mol. The van der Waals surface area contributed by atoms with Gasteiger partial charge in [-0.3, -0.25) is 4.79 Å². The van der Waals surface area contributed by atoms with Gasteiger partial charge in [-0.05, 0) is 31.0 Å². The highest BCUT2D eigenvalue weighted by atomic mass is 35.5. The summed E-state index contributed by atoms with van der Waals surface area (Å²) >= 11 is 5.84. The first-order chi connectivity index (χ1) is 11.5. The molecule has 0 heterocycles. The second kappa shape index (κ2) is 6.93. The van der Waals surface area contributed by atoms with Crippen LogP contribution in [-0.2, 0) is 9.53 Å². The summed E-state index contributed by atoms with van der Waals surface area (Å²) in [6.45, 7) is 0. The van der Waals surface area contributed by atoms with E-state index in [1.807, 2.05) is 6.07 Å². The van der Waals surface area contributed by atoms with Gasteiger partial charge in [-0.25, -0.2) is 4.79 Å². The maximum atomic E-state index is 12.5. The maximum absolute atomic E-state index is 12.5. The molecule has 0 spiro atoms. The Balaban J connectivity index is 1.82. The van der Waals surface area contributed by atoms with Crippen molar-refractivity contribution in [3.05, 3.63) is 64.7 Å². The first-order valence-corrected chi connectivity index (χ1v) is 8.03. The summed E-state index contributed by atoms with van der Waals surface area (Å²) in [6.07, 6.45) is 0.880. The lowest BCUT2D eigenvalue weighted by molar-refractivity contribution is -0.130. The van der Waals surface area contributed by atoms with Gasteiger partial charge in [-0.1, -0.05) is 41.9 Å². The summed E-state index contributed by atoms with van der Waals surface area (Å²) in [4.78, 5) is 24.9. The summed E-state index contributed by atoms with van der Waals surface area (Å²) in [5, 5.41) is 3.29. The molecule has 2 aromatic carbocycles. The molecule has 3 rings (SSSR count). The van der Waals surface area contributed by atoms with Crippen LogP contribution in [-0.4, -0.2) is 17.9 Å². The molecular formula is C18H17ClN2O3. The number of rotatable bonds is 5. The van der Waals surface area contributed by atoms with Crippen LogP contribution >= 0.6 is 11.6 Å². The highest BCUT2D eigenvalue weighted by molar-refractivity contribution is 6.31. The van der Waals surface area contributed by atoms with Gasteiger partial charge in [0, 0.05) is 22.3 Å². The Morgan fingerprint density at radius 2 is 1.88 bits per heavy atom. The fraction of sp³-hybridized carbons (Fsp3) is 0.222. The van der Waals surface area contributed by atoms with Crippen molar-refractivity contribution in [2.24, 2.45) is 0 Å². The number of amides is 1. The van der Waals surface area contributed by atoms with Gasteiger partial charge in [-0.2, -0.15) is 0 Å². The van der Waals surface area contributed by atoms with E-state index in [4.69, 9.17) is 22.1 Å². The van der Waals surface area contributed by atoms with Crippen LogP contribution in [0, 0.1) is 0 Å². The molecule has 5 nitrogen and oxygen atoms in total. The van der Waals surface area contributed by atoms with Crippen molar-refractivity contribution in [1.82, 2.24) is 5.32 Å². The van der Waals surface area contributed by atoms with E-state index >= 15 is 0 Å². The monoisotopic (exact) mass is 344 g/mol. The van der Waals surface area contributed by atoms with Gasteiger partial charge in [0.05, 0.1) is 5.56 Å². The number of carbonyl (C=O) groups is 2. The van der Waals surface area contributed by atoms with Crippen LogP contribution in [0.4, 0.5) is 5.69 Å². The number of ether oxygens (including phenoxy) is 1. The van der Waals surface area contributed by atoms with Gasteiger partial charge in [0.2, 0.25) is 6.10 Å². The van der Waals surface area contributed by atoms with E-state index < -0.39 is 12.1 Å². The largest absolute Gasteiger partial charge is 0.444 e. The zero-order chi connectivity index (χ0) is 17.1. The number of halogens is 1. The minimum absolute atomic E-state index is 0.169. The molecule has 0 unspecified atom stereocenters. The topological polar surface area (TPSA) is 81.4 Å². The SMILES string of the molecule is Nc1cc(Cl)ccc1C(=O)O[C@H](C(=O)NC1CC1)c1ccccc1. The number of anilines is 1. The highest BCUT2D eigenvalue weighted by Gasteiger charge is 2.31. The lowest BCUT2D eigenvalue weighted by Crippen LogP contribution is -2.33. The first kappa shape index (κ1) is 16.3. The van der Waals surface area contributed by atoms with Crippen molar-refractivity contribution in [3.63, 3.8) is 0 Å². The number of nitrogen functional groups attached to an aromatic ring is 1. The van der Waals surface area contributed by atoms with Crippen LogP contribution in [0.5, 0.6) is 0 Å². The average Bonchev–Trinajstić information content (AvgIpc) is 3.37. The Hall–Kier alpha value is -2.53. The van der Waals surface area contributed by atoms with Crippen LogP contribution < -0.4 is 11.1 Å². The molecule has 0 bridgehead atoms. The number of nitrogens with one attached hydrogen (secondary N) is 1. The molecule has 1 aliphatic carbocycles. The Bertz CT molecular complexity index is 760. The second-order valence-corrected chi connectivity index (χ2v) is 6.15. The Labute approximate surface area is 144 Å². The summed E-state index contributed by atoms with van der Waals surface area (Å²) in [5.41, 5.74) is 6.82. The van der Waals surface area contributed by atoms with Crippen molar-refractivity contribution in [2.75, 3.05) is 5.73 Å². The van der Waals surface area contributed by atoms with Gasteiger partial charge in [-0.15, -0.1) is 0 Å². The standard InChI is InChI=1S/C18H17ClN2O3/c19-12-6-9-14(15(20)10-12)18(23)24-16(11-4-2-1-3-5-11)17(22)21-13-7-8-13/h1-6,9-10,13,16H,7-8,20H2,(H,21,22)/t16-/m0/s1. The van der Waals surface area contributed by atoms with E-state index in [9.17, 15) is 9.59 Å². The second-order valence-electron chi connectivity index (χ2n) is 5.71. The van der Waals surface area contributed by atoms with E-state index in [1.54, 1.807) is 30.3 Å². The van der Waals surface area contributed by atoms with Gasteiger partial charge >= 0.3 is 5.97 Å². The quantitative estimate of drug-likeness (QED) is 0.645. The van der Waals surface area contributed by atoms with E-state index in [2.05, 4.69) is 5.32 Å². The van der Waals surface area contributed by atoms with Gasteiger partial charge in [0.25, 0.3) is 5.91 Å². The van der Waals surface area contributed by atoms with E-state index in [0.717, 1.165) is 12.8 Å².